The lowest BCUT2D eigenvalue weighted by molar-refractivity contribution is -0.115. The summed E-state index contributed by atoms with van der Waals surface area (Å²) in [6.07, 6.45) is 0.580. The molecule has 2 amide bonds. The molecule has 3 aromatic rings. The highest BCUT2D eigenvalue weighted by molar-refractivity contribution is 8.00. The van der Waals surface area contributed by atoms with E-state index in [9.17, 15) is 24.3 Å². The van der Waals surface area contributed by atoms with E-state index in [1.165, 1.54) is 23.9 Å². The van der Waals surface area contributed by atoms with Crippen molar-refractivity contribution in [2.45, 2.75) is 30.4 Å². The summed E-state index contributed by atoms with van der Waals surface area (Å²) < 4.78 is 0. The summed E-state index contributed by atoms with van der Waals surface area (Å²) in [4.78, 5) is 49.0. The summed E-state index contributed by atoms with van der Waals surface area (Å²) in [6.45, 7) is 3.83. The monoisotopic (exact) mass is 492 g/mol. The van der Waals surface area contributed by atoms with Crippen LogP contribution in [0.2, 0.25) is 0 Å². The third kappa shape index (κ3) is 6.48. The molecular formula is C26H24N2O6S. The molecule has 3 rings (SSSR count). The summed E-state index contributed by atoms with van der Waals surface area (Å²) >= 11 is 1.35. The zero-order valence-electron chi connectivity index (χ0n) is 19.1. The van der Waals surface area contributed by atoms with Gasteiger partial charge in [0.1, 0.15) is 0 Å². The molecule has 0 heterocycles. The molecule has 3 aromatic carbocycles. The normalized spacial score (nSPS) is 11.4. The van der Waals surface area contributed by atoms with Crippen LogP contribution in [0.4, 0.5) is 11.4 Å². The van der Waals surface area contributed by atoms with Gasteiger partial charge in [-0.1, -0.05) is 31.2 Å². The van der Waals surface area contributed by atoms with Crippen molar-refractivity contribution >= 4 is 46.9 Å². The minimum Gasteiger partial charge on any atom is -0.478 e. The molecule has 0 radical (unpaired) electrons. The zero-order valence-corrected chi connectivity index (χ0v) is 19.9. The van der Waals surface area contributed by atoms with Gasteiger partial charge in [-0.15, -0.1) is 11.8 Å². The number of hydrogen-bond acceptors (Lipinski definition) is 5. The van der Waals surface area contributed by atoms with E-state index in [1.54, 1.807) is 18.2 Å². The number of rotatable bonds is 9. The van der Waals surface area contributed by atoms with Gasteiger partial charge in [-0.25, -0.2) is 9.59 Å². The lowest BCUT2D eigenvalue weighted by atomic mass is 10.0. The molecule has 4 N–H and O–H groups in total. The standard InChI is InChI=1S/C26H24N2O6S/c1-3-22(24(30)28-21-10-5-4-7-15(21)2)35-18-9-6-8-17(14-18)27-23(29)19-12-11-16(25(31)32)13-20(19)26(33)34/h4-14,22H,3H2,1-2H3,(H,27,29)(H,28,30)(H,31,32)(H,33,34). The third-order valence-electron chi connectivity index (χ3n) is 5.18. The number of anilines is 2. The number of carboxylic acids is 2. The lowest BCUT2D eigenvalue weighted by Crippen LogP contribution is -2.24. The summed E-state index contributed by atoms with van der Waals surface area (Å²) in [5.74, 6) is -3.52. The number of hydrogen-bond donors (Lipinski definition) is 4. The number of para-hydroxylation sites is 1. The number of thioether (sulfide) groups is 1. The van der Waals surface area contributed by atoms with E-state index in [-0.39, 0.29) is 22.3 Å². The van der Waals surface area contributed by atoms with Crippen LogP contribution < -0.4 is 10.6 Å². The summed E-state index contributed by atoms with van der Waals surface area (Å²) in [7, 11) is 0. The van der Waals surface area contributed by atoms with Crippen LogP contribution in [-0.2, 0) is 4.79 Å². The van der Waals surface area contributed by atoms with Crippen LogP contribution >= 0.6 is 11.8 Å². The smallest absolute Gasteiger partial charge is 0.336 e. The van der Waals surface area contributed by atoms with Gasteiger partial charge < -0.3 is 20.8 Å². The van der Waals surface area contributed by atoms with E-state index >= 15 is 0 Å². The van der Waals surface area contributed by atoms with E-state index in [0.717, 1.165) is 22.2 Å². The molecular weight excluding hydrogens is 468 g/mol. The number of carboxylic acid groups (broad SMARTS) is 2. The second kappa shape index (κ2) is 11.3. The van der Waals surface area contributed by atoms with Crippen molar-refractivity contribution in [3.8, 4) is 0 Å². The maximum atomic E-state index is 12.8. The minimum absolute atomic E-state index is 0.133. The number of carbonyl (C=O) groups is 4. The van der Waals surface area contributed by atoms with Crippen LogP contribution in [0.1, 0.15) is 50.0 Å². The number of benzene rings is 3. The van der Waals surface area contributed by atoms with Gasteiger partial charge in [0.15, 0.2) is 0 Å². The van der Waals surface area contributed by atoms with Gasteiger partial charge in [0.05, 0.1) is 21.9 Å². The Morgan fingerprint density at radius 2 is 1.60 bits per heavy atom. The van der Waals surface area contributed by atoms with Crippen LogP contribution in [0.5, 0.6) is 0 Å². The molecule has 180 valence electrons. The van der Waals surface area contributed by atoms with Crippen LogP contribution in [0.25, 0.3) is 0 Å². The first-order valence-electron chi connectivity index (χ1n) is 10.7. The fourth-order valence-corrected chi connectivity index (χ4v) is 4.32. The highest BCUT2D eigenvalue weighted by Crippen LogP contribution is 2.29. The molecule has 1 atom stereocenters. The van der Waals surface area contributed by atoms with E-state index in [1.807, 2.05) is 44.2 Å². The second-order valence-corrected chi connectivity index (χ2v) is 8.95. The maximum absolute atomic E-state index is 12.8. The molecule has 8 nitrogen and oxygen atoms in total. The van der Waals surface area contributed by atoms with Crippen molar-refractivity contribution in [2.24, 2.45) is 0 Å². The average Bonchev–Trinajstić information content (AvgIpc) is 2.83. The molecule has 35 heavy (non-hydrogen) atoms. The van der Waals surface area contributed by atoms with Gasteiger partial charge in [0, 0.05) is 16.3 Å². The van der Waals surface area contributed by atoms with E-state index in [2.05, 4.69) is 10.6 Å². The Hall–Kier alpha value is -4.11. The molecule has 0 spiro atoms. The molecule has 0 saturated heterocycles. The second-order valence-electron chi connectivity index (χ2n) is 7.67. The van der Waals surface area contributed by atoms with Crippen molar-refractivity contribution in [1.82, 2.24) is 0 Å². The van der Waals surface area contributed by atoms with Crippen LogP contribution in [-0.4, -0.2) is 39.2 Å². The predicted octanol–water partition coefficient (Wildman–Crippen LogP) is 5.15. The Labute approximate surface area is 206 Å². The highest BCUT2D eigenvalue weighted by Gasteiger charge is 2.21. The van der Waals surface area contributed by atoms with Gasteiger partial charge in [-0.05, 0) is 61.4 Å². The van der Waals surface area contributed by atoms with Gasteiger partial charge in [0.25, 0.3) is 5.91 Å². The zero-order chi connectivity index (χ0) is 25.5. The van der Waals surface area contributed by atoms with Gasteiger partial charge in [0.2, 0.25) is 5.91 Å². The van der Waals surface area contributed by atoms with Gasteiger partial charge >= 0.3 is 11.9 Å². The molecule has 9 heteroatoms. The molecule has 0 bridgehead atoms. The molecule has 0 aliphatic rings. The summed E-state index contributed by atoms with van der Waals surface area (Å²) in [5.41, 5.74) is 1.32. The van der Waals surface area contributed by atoms with E-state index < -0.39 is 23.4 Å². The van der Waals surface area contributed by atoms with Crippen LogP contribution in [0, 0.1) is 6.92 Å². The van der Waals surface area contributed by atoms with Crippen molar-refractivity contribution in [1.29, 1.82) is 0 Å². The fraction of sp³-hybridized carbons (Fsp3) is 0.154. The van der Waals surface area contributed by atoms with E-state index in [4.69, 9.17) is 5.11 Å². The van der Waals surface area contributed by atoms with Crippen molar-refractivity contribution in [3.05, 3.63) is 89.0 Å². The Bertz CT molecular complexity index is 1290. The topological polar surface area (TPSA) is 133 Å². The first-order valence-corrected chi connectivity index (χ1v) is 11.6. The first-order chi connectivity index (χ1) is 16.7. The molecule has 0 fully saturated rings. The minimum atomic E-state index is -1.41. The number of aromatic carboxylic acids is 2. The van der Waals surface area contributed by atoms with Gasteiger partial charge in [-0.2, -0.15) is 0 Å². The molecule has 0 aliphatic heterocycles. The fourth-order valence-electron chi connectivity index (χ4n) is 3.31. The Morgan fingerprint density at radius 1 is 0.857 bits per heavy atom. The molecule has 1 unspecified atom stereocenters. The number of nitrogens with one attached hydrogen (secondary N) is 2. The summed E-state index contributed by atoms with van der Waals surface area (Å²) in [6, 6.07) is 17.7. The quantitative estimate of drug-likeness (QED) is 0.304. The number of carbonyl (C=O) groups excluding carboxylic acids is 2. The van der Waals surface area contributed by atoms with Crippen LogP contribution in [0.15, 0.2) is 71.6 Å². The molecule has 0 aliphatic carbocycles. The summed E-state index contributed by atoms with van der Waals surface area (Å²) in [5, 5.41) is 23.7. The number of aryl methyl sites for hydroxylation is 1. The Kier molecular flexibility index (Phi) is 8.27. The molecule has 0 saturated carbocycles. The molecule has 0 aromatic heterocycles. The van der Waals surface area contributed by atoms with Crippen LogP contribution in [0.3, 0.4) is 0 Å². The SMILES string of the molecule is CCC(Sc1cccc(NC(=O)c2ccc(C(=O)O)cc2C(=O)O)c1)C(=O)Nc1ccccc1C. The van der Waals surface area contributed by atoms with E-state index in [0.29, 0.717) is 12.1 Å². The number of amides is 2. The highest BCUT2D eigenvalue weighted by atomic mass is 32.2. The van der Waals surface area contributed by atoms with Crippen molar-refractivity contribution in [2.75, 3.05) is 10.6 Å². The van der Waals surface area contributed by atoms with Gasteiger partial charge in [-0.3, -0.25) is 9.59 Å². The lowest BCUT2D eigenvalue weighted by Gasteiger charge is -2.16. The largest absolute Gasteiger partial charge is 0.478 e. The predicted molar refractivity (Wildman–Crippen MR) is 135 cm³/mol. The van der Waals surface area contributed by atoms with Crippen molar-refractivity contribution < 1.29 is 29.4 Å². The Morgan fingerprint density at radius 3 is 2.26 bits per heavy atom. The maximum Gasteiger partial charge on any atom is 0.336 e. The Balaban J connectivity index is 1.75. The third-order valence-corrected chi connectivity index (χ3v) is 6.54. The first kappa shape index (κ1) is 25.5. The van der Waals surface area contributed by atoms with Crippen molar-refractivity contribution in [3.63, 3.8) is 0 Å². The average molecular weight is 493 g/mol.